The topological polar surface area (TPSA) is 61.8 Å². The van der Waals surface area contributed by atoms with Crippen LogP contribution in [0, 0.1) is 6.92 Å². The van der Waals surface area contributed by atoms with Crippen LogP contribution in [-0.4, -0.2) is 54.5 Å². The van der Waals surface area contributed by atoms with E-state index in [9.17, 15) is 9.90 Å². The van der Waals surface area contributed by atoms with Gasteiger partial charge in [-0.2, -0.15) is 0 Å². The fourth-order valence-electron chi connectivity index (χ4n) is 3.72. The predicted molar refractivity (Wildman–Crippen MR) is 93.1 cm³/mol. The van der Waals surface area contributed by atoms with Gasteiger partial charge < -0.3 is 20.1 Å². The predicted octanol–water partition coefficient (Wildman–Crippen LogP) is 2.21. The summed E-state index contributed by atoms with van der Waals surface area (Å²) in [5, 5.41) is 12.8. The van der Waals surface area contributed by atoms with Gasteiger partial charge in [-0.1, -0.05) is 24.3 Å². The Labute approximate surface area is 144 Å². The molecule has 0 unspecified atom stereocenters. The van der Waals surface area contributed by atoms with Crippen LogP contribution in [0.4, 0.5) is 4.79 Å². The summed E-state index contributed by atoms with van der Waals surface area (Å²) < 4.78 is 5.47. The minimum Gasteiger partial charge on any atom is -0.393 e. The number of ether oxygens (including phenoxy) is 1. The van der Waals surface area contributed by atoms with Gasteiger partial charge >= 0.3 is 6.03 Å². The highest BCUT2D eigenvalue weighted by molar-refractivity contribution is 5.75. The molecule has 1 aromatic carbocycles. The molecule has 0 aromatic heterocycles. The molecule has 0 spiro atoms. The molecule has 1 aromatic rings. The molecule has 3 rings (SSSR count). The zero-order valence-corrected chi connectivity index (χ0v) is 14.6. The molecule has 2 fully saturated rings. The van der Waals surface area contributed by atoms with Crippen molar-refractivity contribution in [3.63, 3.8) is 0 Å². The second-order valence-electron chi connectivity index (χ2n) is 7.26. The van der Waals surface area contributed by atoms with E-state index in [2.05, 4.69) is 36.5 Å². The normalized spacial score (nSPS) is 23.6. The Kier molecular flexibility index (Phi) is 5.11. The molecule has 24 heavy (non-hydrogen) atoms. The molecular weight excluding hydrogens is 304 g/mol. The van der Waals surface area contributed by atoms with Crippen molar-refractivity contribution in [2.75, 3.05) is 26.3 Å². The van der Waals surface area contributed by atoms with Crippen LogP contribution in [0.5, 0.6) is 0 Å². The first-order valence-corrected chi connectivity index (χ1v) is 8.88. The maximum absolute atomic E-state index is 12.7. The lowest BCUT2D eigenvalue weighted by Gasteiger charge is -2.36. The van der Waals surface area contributed by atoms with Gasteiger partial charge in [0.1, 0.15) is 0 Å². The molecule has 5 nitrogen and oxygen atoms in total. The fraction of sp³-hybridized carbons (Fsp3) is 0.632. The Bertz CT molecular complexity index is 584. The van der Waals surface area contributed by atoms with Crippen molar-refractivity contribution in [2.24, 2.45) is 0 Å². The highest BCUT2D eigenvalue weighted by Crippen LogP contribution is 2.48. The van der Waals surface area contributed by atoms with Crippen LogP contribution in [0.1, 0.15) is 37.3 Å². The quantitative estimate of drug-likeness (QED) is 0.869. The number of urea groups is 1. The van der Waals surface area contributed by atoms with E-state index in [0.29, 0.717) is 32.7 Å². The number of aliphatic hydroxyl groups excluding tert-OH is 1. The van der Waals surface area contributed by atoms with Crippen LogP contribution < -0.4 is 5.32 Å². The number of rotatable bonds is 5. The second kappa shape index (κ2) is 7.11. The Morgan fingerprint density at radius 1 is 1.46 bits per heavy atom. The van der Waals surface area contributed by atoms with E-state index in [1.54, 1.807) is 6.92 Å². The van der Waals surface area contributed by atoms with Gasteiger partial charge in [-0.3, -0.25) is 0 Å². The van der Waals surface area contributed by atoms with Gasteiger partial charge in [-0.25, -0.2) is 4.79 Å². The maximum atomic E-state index is 12.7. The molecule has 132 valence electrons. The van der Waals surface area contributed by atoms with Gasteiger partial charge in [0.25, 0.3) is 0 Å². The number of carbonyl (C=O) groups is 1. The summed E-state index contributed by atoms with van der Waals surface area (Å²) in [5.74, 6) is 0. The minimum atomic E-state index is -0.436. The number of nitrogens with zero attached hydrogens (tertiary/aromatic N) is 1. The SMILES string of the molecule is Cc1ccccc1C1(CNC(=O)N2CCOC[C@@H]2C[C@@H](C)O)CC1. The number of amides is 2. The number of carbonyl (C=O) groups excluding carboxylic acids is 1. The van der Waals surface area contributed by atoms with Crippen molar-refractivity contribution < 1.29 is 14.6 Å². The van der Waals surface area contributed by atoms with Crippen molar-refractivity contribution in [3.8, 4) is 0 Å². The van der Waals surface area contributed by atoms with Gasteiger partial charge in [-0.15, -0.1) is 0 Å². The number of aliphatic hydroxyl groups is 1. The Hall–Kier alpha value is -1.59. The van der Waals surface area contributed by atoms with E-state index in [4.69, 9.17) is 4.74 Å². The standard InChI is InChI=1S/C19H28N2O3/c1-14-5-3-4-6-17(14)19(7-8-19)13-20-18(23)21-9-10-24-12-16(21)11-15(2)22/h3-6,15-16,22H,7-13H2,1-2H3,(H,20,23)/t15-,16+/m1/s1. The molecule has 5 heteroatoms. The van der Waals surface area contributed by atoms with E-state index < -0.39 is 6.10 Å². The van der Waals surface area contributed by atoms with Crippen molar-refractivity contribution in [3.05, 3.63) is 35.4 Å². The molecule has 1 aliphatic carbocycles. The average Bonchev–Trinajstić information content (AvgIpc) is 3.34. The monoisotopic (exact) mass is 332 g/mol. The number of hydrogen-bond donors (Lipinski definition) is 2. The summed E-state index contributed by atoms with van der Waals surface area (Å²) in [5.41, 5.74) is 2.75. The summed E-state index contributed by atoms with van der Waals surface area (Å²) in [6.45, 7) is 6.21. The lowest BCUT2D eigenvalue weighted by Crippen LogP contribution is -2.54. The molecule has 1 aliphatic heterocycles. The molecule has 2 N–H and O–H groups in total. The summed E-state index contributed by atoms with van der Waals surface area (Å²) >= 11 is 0. The third kappa shape index (κ3) is 3.73. The minimum absolute atomic E-state index is 0.0381. The summed E-state index contributed by atoms with van der Waals surface area (Å²) in [7, 11) is 0. The summed E-state index contributed by atoms with van der Waals surface area (Å²) in [6, 6.07) is 8.36. The first-order valence-electron chi connectivity index (χ1n) is 8.88. The van der Waals surface area contributed by atoms with Crippen LogP contribution in [-0.2, 0) is 10.2 Å². The van der Waals surface area contributed by atoms with Gasteiger partial charge in [0.05, 0.1) is 25.4 Å². The van der Waals surface area contributed by atoms with Crippen LogP contribution in [0.3, 0.4) is 0 Å². The Balaban J connectivity index is 1.61. The van der Waals surface area contributed by atoms with E-state index in [0.717, 1.165) is 12.8 Å². The van der Waals surface area contributed by atoms with E-state index in [1.165, 1.54) is 11.1 Å². The fourth-order valence-corrected chi connectivity index (χ4v) is 3.72. The van der Waals surface area contributed by atoms with Gasteiger partial charge in [0.15, 0.2) is 0 Å². The largest absolute Gasteiger partial charge is 0.393 e. The van der Waals surface area contributed by atoms with Crippen LogP contribution in [0.15, 0.2) is 24.3 Å². The van der Waals surface area contributed by atoms with Crippen LogP contribution in [0.2, 0.25) is 0 Å². The Morgan fingerprint density at radius 2 is 2.21 bits per heavy atom. The van der Waals surface area contributed by atoms with Gasteiger partial charge in [0, 0.05) is 18.5 Å². The molecule has 0 bridgehead atoms. The number of nitrogens with one attached hydrogen (secondary N) is 1. The molecule has 1 saturated heterocycles. The van der Waals surface area contributed by atoms with Crippen LogP contribution >= 0.6 is 0 Å². The van der Waals surface area contributed by atoms with Crippen molar-refractivity contribution in [1.82, 2.24) is 10.2 Å². The van der Waals surface area contributed by atoms with Crippen molar-refractivity contribution >= 4 is 6.03 Å². The first-order chi connectivity index (χ1) is 11.5. The first kappa shape index (κ1) is 17.2. The summed E-state index contributed by atoms with van der Waals surface area (Å²) in [6.07, 6.45) is 2.36. The van der Waals surface area contributed by atoms with Gasteiger partial charge in [-0.05, 0) is 44.2 Å². The maximum Gasteiger partial charge on any atom is 0.317 e. The van der Waals surface area contributed by atoms with E-state index in [-0.39, 0.29) is 17.5 Å². The number of morpholine rings is 1. The molecule has 0 radical (unpaired) electrons. The zero-order valence-electron chi connectivity index (χ0n) is 14.6. The number of aryl methyl sites for hydroxylation is 1. The third-order valence-corrected chi connectivity index (χ3v) is 5.25. The summed E-state index contributed by atoms with van der Waals surface area (Å²) in [4.78, 5) is 14.5. The molecular formula is C19H28N2O3. The lowest BCUT2D eigenvalue weighted by molar-refractivity contribution is -0.00438. The van der Waals surface area contributed by atoms with Gasteiger partial charge in [0.2, 0.25) is 0 Å². The smallest absolute Gasteiger partial charge is 0.317 e. The Morgan fingerprint density at radius 3 is 2.88 bits per heavy atom. The highest BCUT2D eigenvalue weighted by atomic mass is 16.5. The number of hydrogen-bond acceptors (Lipinski definition) is 3. The molecule has 1 saturated carbocycles. The highest BCUT2D eigenvalue weighted by Gasteiger charge is 2.45. The van der Waals surface area contributed by atoms with Crippen LogP contribution in [0.25, 0.3) is 0 Å². The molecule has 2 aliphatic rings. The third-order valence-electron chi connectivity index (χ3n) is 5.25. The van der Waals surface area contributed by atoms with E-state index >= 15 is 0 Å². The number of benzene rings is 1. The zero-order chi connectivity index (χ0) is 17.2. The molecule has 2 amide bonds. The second-order valence-corrected chi connectivity index (χ2v) is 7.26. The van der Waals surface area contributed by atoms with E-state index in [1.807, 2.05) is 4.90 Å². The van der Waals surface area contributed by atoms with Crippen molar-refractivity contribution in [1.29, 1.82) is 0 Å². The lowest BCUT2D eigenvalue weighted by atomic mass is 9.92. The van der Waals surface area contributed by atoms with Crippen molar-refractivity contribution in [2.45, 2.75) is 50.7 Å². The average molecular weight is 332 g/mol. The molecule has 2 atom stereocenters. The molecule has 1 heterocycles.